The second kappa shape index (κ2) is 6.26. The molecular weight excluding hydrogens is 266 g/mol. The summed E-state index contributed by atoms with van der Waals surface area (Å²) in [5, 5.41) is 3.36. The predicted molar refractivity (Wildman–Crippen MR) is 82.1 cm³/mol. The second-order valence-corrected chi connectivity index (χ2v) is 5.60. The van der Waals surface area contributed by atoms with Gasteiger partial charge < -0.3 is 10.2 Å². The number of hydrogen-bond acceptors (Lipinski definition) is 3. The molecule has 5 heteroatoms. The van der Waals surface area contributed by atoms with E-state index in [0.29, 0.717) is 6.54 Å². The lowest BCUT2D eigenvalue weighted by molar-refractivity contribution is -0.125. The summed E-state index contributed by atoms with van der Waals surface area (Å²) in [5.74, 6) is -0.130. The van der Waals surface area contributed by atoms with E-state index in [2.05, 4.69) is 37.4 Å². The van der Waals surface area contributed by atoms with Crippen LogP contribution in [-0.2, 0) is 4.79 Å². The van der Waals surface area contributed by atoms with Crippen LogP contribution in [0.15, 0.2) is 18.2 Å². The number of nitrogens with zero attached hydrogens (tertiary/aromatic N) is 2. The van der Waals surface area contributed by atoms with Crippen LogP contribution < -0.4 is 5.32 Å². The van der Waals surface area contributed by atoms with Crippen molar-refractivity contribution < 1.29 is 9.59 Å². The van der Waals surface area contributed by atoms with E-state index in [1.807, 2.05) is 6.92 Å². The molecule has 1 fully saturated rings. The molecule has 114 valence electrons. The molecule has 1 saturated heterocycles. The van der Waals surface area contributed by atoms with Crippen molar-refractivity contribution in [3.05, 3.63) is 34.9 Å². The molecule has 0 radical (unpaired) electrons. The number of aryl methyl sites for hydroxylation is 2. The summed E-state index contributed by atoms with van der Waals surface area (Å²) < 4.78 is 0. The van der Waals surface area contributed by atoms with Gasteiger partial charge in [-0.1, -0.05) is 25.1 Å². The van der Waals surface area contributed by atoms with Gasteiger partial charge in [0.15, 0.2) is 0 Å². The molecule has 1 aliphatic rings. The summed E-state index contributed by atoms with van der Waals surface area (Å²) in [5.41, 5.74) is 3.56. The lowest BCUT2D eigenvalue weighted by Gasteiger charge is -2.24. The Bertz CT molecular complexity index is 556. The highest BCUT2D eigenvalue weighted by Gasteiger charge is 2.35. The van der Waals surface area contributed by atoms with Crippen molar-refractivity contribution in [2.45, 2.75) is 26.8 Å². The number of rotatable bonds is 5. The first-order chi connectivity index (χ1) is 9.93. The zero-order valence-electron chi connectivity index (χ0n) is 13.1. The Balaban J connectivity index is 2.21. The largest absolute Gasteiger partial charge is 0.327 e. The van der Waals surface area contributed by atoms with Crippen molar-refractivity contribution in [2.75, 3.05) is 26.7 Å². The van der Waals surface area contributed by atoms with Gasteiger partial charge in [0.05, 0.1) is 6.04 Å². The molecule has 0 aromatic heterocycles. The minimum atomic E-state index is -0.216. The number of imide groups is 1. The molecule has 1 heterocycles. The molecule has 0 bridgehead atoms. The highest BCUT2D eigenvalue weighted by molar-refractivity contribution is 6.01. The molecule has 0 saturated carbocycles. The number of nitrogens with one attached hydrogen (secondary N) is 1. The Labute approximate surface area is 125 Å². The number of benzene rings is 1. The molecule has 1 aromatic carbocycles. The lowest BCUT2D eigenvalue weighted by Crippen LogP contribution is -2.39. The number of urea groups is 1. The van der Waals surface area contributed by atoms with Crippen LogP contribution in [0.2, 0.25) is 0 Å². The summed E-state index contributed by atoms with van der Waals surface area (Å²) >= 11 is 0. The summed E-state index contributed by atoms with van der Waals surface area (Å²) in [6.07, 6.45) is 0. The van der Waals surface area contributed by atoms with E-state index < -0.39 is 0 Å². The van der Waals surface area contributed by atoms with Crippen molar-refractivity contribution in [3.63, 3.8) is 0 Å². The minimum Gasteiger partial charge on any atom is -0.318 e. The fraction of sp³-hybridized carbons (Fsp3) is 0.500. The van der Waals surface area contributed by atoms with Crippen molar-refractivity contribution in [3.8, 4) is 0 Å². The Morgan fingerprint density at radius 2 is 1.95 bits per heavy atom. The smallest absolute Gasteiger partial charge is 0.318 e. The third-order valence-corrected chi connectivity index (χ3v) is 3.98. The van der Waals surface area contributed by atoms with Crippen LogP contribution in [0.3, 0.4) is 0 Å². The second-order valence-electron chi connectivity index (χ2n) is 5.60. The van der Waals surface area contributed by atoms with Crippen molar-refractivity contribution in [1.29, 1.82) is 0 Å². The standard InChI is InChI=1S/C16H23N3O2/c1-5-17-14(13-7-6-11(2)12(3)8-13)9-19-15(20)10-18(4)16(19)21/h6-8,14,17H,5,9-10H2,1-4H3. The Kier molecular flexibility index (Phi) is 4.63. The number of carbonyl (C=O) groups is 2. The predicted octanol–water partition coefficient (Wildman–Crippen LogP) is 1.85. The Morgan fingerprint density at radius 1 is 1.24 bits per heavy atom. The van der Waals surface area contributed by atoms with Gasteiger partial charge in [-0.2, -0.15) is 0 Å². The molecule has 1 unspecified atom stereocenters. The monoisotopic (exact) mass is 289 g/mol. The molecule has 0 spiro atoms. The van der Waals surface area contributed by atoms with Gasteiger partial charge in [0.1, 0.15) is 6.54 Å². The van der Waals surface area contributed by atoms with Crippen LogP contribution in [0.5, 0.6) is 0 Å². The molecule has 1 atom stereocenters. The fourth-order valence-corrected chi connectivity index (χ4v) is 2.55. The summed E-state index contributed by atoms with van der Waals surface area (Å²) in [6, 6.07) is 6.01. The van der Waals surface area contributed by atoms with Crippen molar-refractivity contribution in [1.82, 2.24) is 15.1 Å². The lowest BCUT2D eigenvalue weighted by atomic mass is 10.0. The Hall–Kier alpha value is -1.88. The SMILES string of the molecule is CCNC(CN1C(=O)CN(C)C1=O)c1ccc(C)c(C)c1. The number of likely N-dealkylation sites (N-methyl/N-ethyl adjacent to an activating group) is 2. The normalized spacial score (nSPS) is 16.8. The van der Waals surface area contributed by atoms with E-state index in [4.69, 9.17) is 0 Å². The van der Waals surface area contributed by atoms with Gasteiger partial charge in [0, 0.05) is 13.6 Å². The first-order valence-electron chi connectivity index (χ1n) is 7.30. The molecule has 2 rings (SSSR count). The average molecular weight is 289 g/mol. The van der Waals surface area contributed by atoms with Crippen molar-refractivity contribution in [2.24, 2.45) is 0 Å². The van der Waals surface area contributed by atoms with Gasteiger partial charge in [-0.05, 0) is 37.1 Å². The molecule has 1 aromatic rings. The highest BCUT2D eigenvalue weighted by Crippen LogP contribution is 2.20. The Morgan fingerprint density at radius 3 is 2.48 bits per heavy atom. The quantitative estimate of drug-likeness (QED) is 0.842. The summed E-state index contributed by atoms with van der Waals surface area (Å²) in [7, 11) is 1.65. The van der Waals surface area contributed by atoms with Crippen LogP contribution >= 0.6 is 0 Å². The first-order valence-corrected chi connectivity index (χ1v) is 7.30. The van der Waals surface area contributed by atoms with Gasteiger partial charge in [0.2, 0.25) is 5.91 Å². The maximum atomic E-state index is 12.0. The molecule has 3 amide bonds. The van der Waals surface area contributed by atoms with Crippen LogP contribution in [-0.4, -0.2) is 48.4 Å². The van der Waals surface area contributed by atoms with Crippen molar-refractivity contribution >= 4 is 11.9 Å². The van der Waals surface area contributed by atoms with Crippen LogP contribution in [0.1, 0.15) is 29.7 Å². The van der Waals surface area contributed by atoms with Crippen LogP contribution in [0, 0.1) is 13.8 Å². The van der Waals surface area contributed by atoms with Gasteiger partial charge in [0.25, 0.3) is 0 Å². The van der Waals surface area contributed by atoms with Crippen LogP contribution in [0.4, 0.5) is 4.79 Å². The van der Waals surface area contributed by atoms with Gasteiger partial charge in [-0.15, -0.1) is 0 Å². The first kappa shape index (κ1) is 15.5. The minimum absolute atomic E-state index is 0.0336. The number of amides is 3. The van der Waals surface area contributed by atoms with Gasteiger partial charge in [-0.25, -0.2) is 4.79 Å². The van der Waals surface area contributed by atoms with Gasteiger partial charge >= 0.3 is 6.03 Å². The van der Waals surface area contributed by atoms with Crippen LogP contribution in [0.25, 0.3) is 0 Å². The molecule has 1 aliphatic heterocycles. The molecule has 1 N–H and O–H groups in total. The zero-order valence-corrected chi connectivity index (χ0v) is 13.1. The third kappa shape index (κ3) is 3.24. The zero-order chi connectivity index (χ0) is 15.6. The molecule has 21 heavy (non-hydrogen) atoms. The van der Waals surface area contributed by atoms with E-state index in [-0.39, 0.29) is 24.5 Å². The summed E-state index contributed by atoms with van der Waals surface area (Å²) in [6.45, 7) is 7.49. The van der Waals surface area contributed by atoms with E-state index >= 15 is 0 Å². The number of hydrogen-bond donors (Lipinski definition) is 1. The fourth-order valence-electron chi connectivity index (χ4n) is 2.55. The van der Waals surface area contributed by atoms with Gasteiger partial charge in [-0.3, -0.25) is 9.69 Å². The molecule has 0 aliphatic carbocycles. The van der Waals surface area contributed by atoms with E-state index in [1.165, 1.54) is 20.9 Å². The third-order valence-electron chi connectivity index (χ3n) is 3.98. The van der Waals surface area contributed by atoms with E-state index in [1.54, 1.807) is 7.05 Å². The maximum Gasteiger partial charge on any atom is 0.327 e. The molecular formula is C16H23N3O2. The average Bonchev–Trinajstić information content (AvgIpc) is 2.68. The van der Waals surface area contributed by atoms with E-state index in [9.17, 15) is 9.59 Å². The highest BCUT2D eigenvalue weighted by atomic mass is 16.2. The number of carbonyl (C=O) groups excluding carboxylic acids is 2. The summed E-state index contributed by atoms with van der Waals surface area (Å²) in [4.78, 5) is 26.7. The topological polar surface area (TPSA) is 52.7 Å². The van der Waals surface area contributed by atoms with E-state index in [0.717, 1.165) is 12.1 Å². The maximum absolute atomic E-state index is 12.0. The molecule has 5 nitrogen and oxygen atoms in total.